The summed E-state index contributed by atoms with van der Waals surface area (Å²) in [4.78, 5) is 25.8. The van der Waals surface area contributed by atoms with Gasteiger partial charge in [-0.15, -0.1) is 0 Å². The standard InChI is InChI=1S/C22H26N4O6S/c1-3-25-18-6-4-5-7-19(18)26(22(25)28)15-21(27)23-17-14-16(8-9-20(17)31-2)33(29,30)24-10-12-32-13-11-24/h4-9,14H,3,10-13,15H2,1-2H3,(H,23,27). The summed E-state index contributed by atoms with van der Waals surface area (Å²) in [5.41, 5.74) is 1.32. The van der Waals surface area contributed by atoms with E-state index < -0.39 is 15.9 Å². The molecular weight excluding hydrogens is 448 g/mol. The molecule has 1 saturated heterocycles. The quantitative estimate of drug-likeness (QED) is 0.555. The van der Waals surface area contributed by atoms with Crippen LogP contribution in [0.2, 0.25) is 0 Å². The van der Waals surface area contributed by atoms with Crippen LogP contribution in [0.3, 0.4) is 0 Å². The van der Waals surface area contributed by atoms with Crippen LogP contribution >= 0.6 is 0 Å². The van der Waals surface area contributed by atoms with Gasteiger partial charge in [-0.05, 0) is 37.3 Å². The third-order valence-electron chi connectivity index (χ3n) is 5.60. The fourth-order valence-electron chi connectivity index (χ4n) is 3.95. The van der Waals surface area contributed by atoms with E-state index in [-0.39, 0.29) is 35.9 Å². The molecule has 33 heavy (non-hydrogen) atoms. The normalized spacial score (nSPS) is 15.0. The van der Waals surface area contributed by atoms with Crippen LogP contribution in [0, 0.1) is 0 Å². The fraction of sp³-hybridized carbons (Fsp3) is 0.364. The highest BCUT2D eigenvalue weighted by molar-refractivity contribution is 7.89. The highest BCUT2D eigenvalue weighted by Gasteiger charge is 2.27. The minimum Gasteiger partial charge on any atom is -0.495 e. The van der Waals surface area contributed by atoms with E-state index in [4.69, 9.17) is 9.47 Å². The first-order valence-electron chi connectivity index (χ1n) is 10.6. The highest BCUT2D eigenvalue weighted by atomic mass is 32.2. The molecule has 176 valence electrons. The Morgan fingerprint density at radius 2 is 1.76 bits per heavy atom. The number of amides is 1. The Morgan fingerprint density at radius 1 is 1.09 bits per heavy atom. The van der Waals surface area contributed by atoms with Gasteiger partial charge in [-0.25, -0.2) is 13.2 Å². The molecule has 1 N–H and O–H groups in total. The second-order valence-electron chi connectivity index (χ2n) is 7.53. The predicted molar refractivity (Wildman–Crippen MR) is 123 cm³/mol. The summed E-state index contributed by atoms with van der Waals surface area (Å²) in [6, 6.07) is 11.6. The number of aromatic nitrogens is 2. The number of aryl methyl sites for hydroxylation is 1. The second kappa shape index (κ2) is 9.38. The molecule has 11 heteroatoms. The van der Waals surface area contributed by atoms with Gasteiger partial charge < -0.3 is 14.8 Å². The molecule has 2 aromatic carbocycles. The first kappa shape index (κ1) is 23.0. The van der Waals surface area contributed by atoms with Gasteiger partial charge in [0.2, 0.25) is 15.9 Å². The maximum absolute atomic E-state index is 13.0. The summed E-state index contributed by atoms with van der Waals surface area (Å²) < 4.78 is 40.9. The summed E-state index contributed by atoms with van der Waals surface area (Å²) >= 11 is 0. The van der Waals surface area contributed by atoms with Crippen LogP contribution in [0.5, 0.6) is 5.75 Å². The van der Waals surface area contributed by atoms with Crippen LogP contribution in [0.15, 0.2) is 52.2 Å². The van der Waals surface area contributed by atoms with E-state index in [1.807, 2.05) is 19.1 Å². The predicted octanol–water partition coefficient (Wildman–Crippen LogP) is 1.49. The summed E-state index contributed by atoms with van der Waals surface area (Å²) in [6.07, 6.45) is 0. The van der Waals surface area contributed by atoms with Crippen molar-refractivity contribution < 1.29 is 22.7 Å². The lowest BCUT2D eigenvalue weighted by Crippen LogP contribution is -2.40. The number of morpholine rings is 1. The fourth-order valence-corrected chi connectivity index (χ4v) is 5.38. The molecule has 1 amide bonds. The largest absolute Gasteiger partial charge is 0.495 e. The van der Waals surface area contributed by atoms with Crippen LogP contribution in [-0.4, -0.2) is 61.2 Å². The molecule has 0 aliphatic carbocycles. The van der Waals surface area contributed by atoms with Crippen LogP contribution in [0.1, 0.15) is 6.92 Å². The number of fused-ring (bicyclic) bond motifs is 1. The molecule has 1 aliphatic rings. The van der Waals surface area contributed by atoms with Crippen LogP contribution in [0.25, 0.3) is 11.0 Å². The van der Waals surface area contributed by atoms with Crippen molar-refractivity contribution in [3.05, 3.63) is 52.9 Å². The van der Waals surface area contributed by atoms with Crippen molar-refractivity contribution in [1.29, 1.82) is 0 Å². The van der Waals surface area contributed by atoms with Crippen molar-refractivity contribution in [2.45, 2.75) is 24.9 Å². The van der Waals surface area contributed by atoms with Crippen LogP contribution in [0.4, 0.5) is 5.69 Å². The molecule has 0 saturated carbocycles. The molecule has 0 radical (unpaired) electrons. The molecule has 3 aromatic rings. The zero-order chi connectivity index (χ0) is 23.6. The Bertz CT molecular complexity index is 1340. The number of nitrogens with one attached hydrogen (secondary N) is 1. The van der Waals surface area contributed by atoms with Gasteiger partial charge in [-0.1, -0.05) is 12.1 Å². The lowest BCUT2D eigenvalue weighted by atomic mass is 10.3. The molecule has 0 bridgehead atoms. The number of imidazole rings is 1. The van der Waals surface area contributed by atoms with Crippen LogP contribution in [-0.2, 0) is 32.6 Å². The van der Waals surface area contributed by atoms with E-state index >= 15 is 0 Å². The third-order valence-corrected chi connectivity index (χ3v) is 7.49. The van der Waals surface area contributed by atoms with E-state index in [9.17, 15) is 18.0 Å². The van der Waals surface area contributed by atoms with E-state index in [1.54, 1.807) is 16.7 Å². The first-order valence-corrected chi connectivity index (χ1v) is 12.0. The maximum atomic E-state index is 13.0. The summed E-state index contributed by atoms with van der Waals surface area (Å²) in [5, 5.41) is 2.70. The lowest BCUT2D eigenvalue weighted by Gasteiger charge is -2.26. The van der Waals surface area contributed by atoms with E-state index in [2.05, 4.69) is 5.32 Å². The molecule has 1 aromatic heterocycles. The number of para-hydroxylation sites is 2. The lowest BCUT2D eigenvalue weighted by molar-refractivity contribution is -0.116. The first-order chi connectivity index (χ1) is 15.9. The number of ether oxygens (including phenoxy) is 2. The molecule has 1 fully saturated rings. The molecule has 0 unspecified atom stereocenters. The zero-order valence-corrected chi connectivity index (χ0v) is 19.3. The monoisotopic (exact) mass is 474 g/mol. The van der Waals surface area contributed by atoms with Gasteiger partial charge in [-0.2, -0.15) is 4.31 Å². The molecule has 2 heterocycles. The zero-order valence-electron chi connectivity index (χ0n) is 18.5. The number of nitrogens with zero attached hydrogens (tertiary/aromatic N) is 3. The Kier molecular flexibility index (Phi) is 6.54. The number of hydrogen-bond donors (Lipinski definition) is 1. The Balaban J connectivity index is 1.62. The number of carbonyl (C=O) groups is 1. The minimum absolute atomic E-state index is 0.0419. The summed E-state index contributed by atoms with van der Waals surface area (Å²) in [6.45, 7) is 3.31. The molecule has 10 nitrogen and oxygen atoms in total. The average Bonchev–Trinajstić information content (AvgIpc) is 3.10. The molecule has 0 atom stereocenters. The topological polar surface area (TPSA) is 112 Å². The molecule has 1 aliphatic heterocycles. The smallest absolute Gasteiger partial charge is 0.329 e. The van der Waals surface area contributed by atoms with Crippen molar-refractivity contribution in [2.75, 3.05) is 38.7 Å². The van der Waals surface area contributed by atoms with Gasteiger partial charge in [0, 0.05) is 19.6 Å². The third kappa shape index (κ3) is 4.39. The number of methoxy groups -OCH3 is 1. The Labute approximate surface area is 191 Å². The number of sulfonamides is 1. The average molecular weight is 475 g/mol. The molecule has 0 spiro atoms. The van der Waals surface area contributed by atoms with E-state index in [0.29, 0.717) is 31.0 Å². The molecule has 4 rings (SSSR count). The highest BCUT2D eigenvalue weighted by Crippen LogP contribution is 2.29. The van der Waals surface area contributed by atoms with Crippen molar-refractivity contribution in [3.63, 3.8) is 0 Å². The summed E-state index contributed by atoms with van der Waals surface area (Å²) in [7, 11) is -2.32. The summed E-state index contributed by atoms with van der Waals surface area (Å²) in [5.74, 6) is -0.164. The Morgan fingerprint density at radius 3 is 2.39 bits per heavy atom. The van der Waals surface area contributed by atoms with Gasteiger partial charge in [0.25, 0.3) is 0 Å². The van der Waals surface area contributed by atoms with Gasteiger partial charge in [0.1, 0.15) is 12.3 Å². The SMILES string of the molecule is CCn1c(=O)n(CC(=O)Nc2cc(S(=O)(=O)N3CCOCC3)ccc2OC)c2ccccc21. The Hall–Kier alpha value is -3.15. The second-order valence-corrected chi connectivity index (χ2v) is 9.47. The number of anilines is 1. The van der Waals surface area contributed by atoms with Crippen molar-refractivity contribution in [1.82, 2.24) is 13.4 Å². The number of benzene rings is 2. The van der Waals surface area contributed by atoms with Gasteiger partial charge in [-0.3, -0.25) is 13.9 Å². The minimum atomic E-state index is -3.75. The van der Waals surface area contributed by atoms with Gasteiger partial charge in [0.15, 0.2) is 0 Å². The van der Waals surface area contributed by atoms with E-state index in [1.165, 1.54) is 34.2 Å². The van der Waals surface area contributed by atoms with Gasteiger partial charge in [0.05, 0.1) is 41.9 Å². The van der Waals surface area contributed by atoms with Crippen molar-refractivity contribution in [2.24, 2.45) is 0 Å². The molecular formula is C22H26N4O6S. The number of hydrogen-bond acceptors (Lipinski definition) is 6. The van der Waals surface area contributed by atoms with Crippen molar-refractivity contribution in [3.8, 4) is 5.75 Å². The number of rotatable bonds is 7. The van der Waals surface area contributed by atoms with Crippen LogP contribution < -0.4 is 15.7 Å². The van der Waals surface area contributed by atoms with E-state index in [0.717, 1.165) is 5.52 Å². The van der Waals surface area contributed by atoms with Crippen molar-refractivity contribution >= 4 is 32.7 Å². The number of carbonyl (C=O) groups excluding carboxylic acids is 1. The maximum Gasteiger partial charge on any atom is 0.329 e. The van der Waals surface area contributed by atoms with Gasteiger partial charge >= 0.3 is 5.69 Å².